The summed E-state index contributed by atoms with van der Waals surface area (Å²) in [5, 5.41) is 14.7. The number of carbonyl (C=O) groups is 1. The summed E-state index contributed by atoms with van der Waals surface area (Å²) in [5.41, 5.74) is 6.41. The molecule has 4 rings (SSSR count). The SMILES string of the molecule is CC1=C(Nc2cccc(-c3n[nH]nc3-c3ccccc3)c2)CCC1=O. The lowest BCUT2D eigenvalue weighted by Gasteiger charge is -2.10. The highest BCUT2D eigenvalue weighted by Gasteiger charge is 2.19. The molecule has 3 aromatic rings. The van der Waals surface area contributed by atoms with E-state index in [-0.39, 0.29) is 5.78 Å². The molecule has 124 valence electrons. The molecule has 0 fully saturated rings. The molecule has 0 aliphatic heterocycles. The fourth-order valence-electron chi connectivity index (χ4n) is 3.09. The molecule has 0 atom stereocenters. The van der Waals surface area contributed by atoms with Gasteiger partial charge in [-0.15, -0.1) is 0 Å². The van der Waals surface area contributed by atoms with E-state index < -0.39 is 0 Å². The van der Waals surface area contributed by atoms with Gasteiger partial charge in [0, 0.05) is 34.5 Å². The standard InChI is InChI=1S/C20H18N4O/c1-13-17(10-11-18(13)25)21-16-9-5-8-15(12-16)20-19(22-24-23-20)14-6-3-2-4-7-14/h2-9,12,21H,10-11H2,1H3,(H,22,23,24). The quantitative estimate of drug-likeness (QED) is 0.752. The molecule has 1 aromatic heterocycles. The van der Waals surface area contributed by atoms with Crippen LogP contribution in [0.5, 0.6) is 0 Å². The third-order valence-corrected chi connectivity index (χ3v) is 4.50. The van der Waals surface area contributed by atoms with Gasteiger partial charge in [0.1, 0.15) is 11.4 Å². The van der Waals surface area contributed by atoms with Crippen molar-refractivity contribution >= 4 is 11.5 Å². The topological polar surface area (TPSA) is 70.7 Å². The van der Waals surface area contributed by atoms with Crippen LogP contribution in [0.2, 0.25) is 0 Å². The summed E-state index contributed by atoms with van der Waals surface area (Å²) in [6, 6.07) is 18.0. The molecule has 1 aliphatic rings. The van der Waals surface area contributed by atoms with Crippen molar-refractivity contribution in [1.82, 2.24) is 15.4 Å². The summed E-state index contributed by atoms with van der Waals surface area (Å²) in [4.78, 5) is 11.7. The third kappa shape index (κ3) is 2.96. The van der Waals surface area contributed by atoms with Crippen molar-refractivity contribution in [1.29, 1.82) is 0 Å². The summed E-state index contributed by atoms with van der Waals surface area (Å²) < 4.78 is 0. The predicted molar refractivity (Wildman–Crippen MR) is 97.8 cm³/mol. The van der Waals surface area contributed by atoms with Crippen LogP contribution in [0.15, 0.2) is 65.9 Å². The number of nitrogens with one attached hydrogen (secondary N) is 2. The second-order valence-electron chi connectivity index (χ2n) is 6.12. The van der Waals surface area contributed by atoms with Crippen LogP contribution in [-0.4, -0.2) is 21.2 Å². The largest absolute Gasteiger partial charge is 0.359 e. The second kappa shape index (κ2) is 6.36. The average Bonchev–Trinajstić information content (AvgIpc) is 3.25. The summed E-state index contributed by atoms with van der Waals surface area (Å²) in [5.74, 6) is 0.224. The normalized spacial score (nSPS) is 14.2. The third-order valence-electron chi connectivity index (χ3n) is 4.50. The Morgan fingerprint density at radius 1 is 0.920 bits per heavy atom. The number of allylic oxidation sites excluding steroid dienone is 2. The first-order chi connectivity index (χ1) is 12.2. The van der Waals surface area contributed by atoms with Crippen molar-refractivity contribution in [2.75, 3.05) is 5.32 Å². The molecule has 0 bridgehead atoms. The van der Waals surface area contributed by atoms with Gasteiger partial charge in [0.05, 0.1) is 0 Å². The fraction of sp³-hybridized carbons (Fsp3) is 0.150. The minimum atomic E-state index is 0.224. The van der Waals surface area contributed by atoms with Gasteiger partial charge in [0.15, 0.2) is 5.78 Å². The van der Waals surface area contributed by atoms with Crippen molar-refractivity contribution in [3.63, 3.8) is 0 Å². The van der Waals surface area contributed by atoms with Crippen LogP contribution in [0.3, 0.4) is 0 Å². The monoisotopic (exact) mass is 330 g/mol. The fourth-order valence-corrected chi connectivity index (χ4v) is 3.09. The number of hydrogen-bond acceptors (Lipinski definition) is 4. The summed E-state index contributed by atoms with van der Waals surface area (Å²) in [6.45, 7) is 1.88. The van der Waals surface area contributed by atoms with Gasteiger partial charge in [-0.25, -0.2) is 0 Å². The predicted octanol–water partition coefficient (Wildman–Crippen LogP) is 4.19. The van der Waals surface area contributed by atoms with Gasteiger partial charge in [0.25, 0.3) is 0 Å². The first-order valence-corrected chi connectivity index (χ1v) is 8.29. The zero-order chi connectivity index (χ0) is 17.2. The number of anilines is 1. The minimum Gasteiger partial charge on any atom is -0.359 e. The maximum Gasteiger partial charge on any atom is 0.160 e. The molecule has 2 aromatic carbocycles. The summed E-state index contributed by atoms with van der Waals surface area (Å²) >= 11 is 0. The summed E-state index contributed by atoms with van der Waals surface area (Å²) in [7, 11) is 0. The maximum atomic E-state index is 11.7. The number of rotatable bonds is 4. The number of benzene rings is 2. The molecule has 0 unspecified atom stereocenters. The van der Waals surface area contributed by atoms with Crippen LogP contribution < -0.4 is 5.32 Å². The van der Waals surface area contributed by atoms with Crippen LogP contribution in [0, 0.1) is 0 Å². The molecule has 1 heterocycles. The van der Waals surface area contributed by atoms with Crippen LogP contribution in [-0.2, 0) is 4.79 Å². The Labute approximate surface area is 145 Å². The van der Waals surface area contributed by atoms with E-state index >= 15 is 0 Å². The Kier molecular flexibility index (Phi) is 3.90. The van der Waals surface area contributed by atoms with Gasteiger partial charge < -0.3 is 5.32 Å². The molecule has 0 radical (unpaired) electrons. The van der Waals surface area contributed by atoms with Crippen molar-refractivity contribution in [3.8, 4) is 22.5 Å². The van der Waals surface area contributed by atoms with Crippen LogP contribution in [0.1, 0.15) is 19.8 Å². The Bertz CT molecular complexity index is 957. The Morgan fingerprint density at radius 3 is 2.36 bits per heavy atom. The number of ketones is 1. The zero-order valence-corrected chi connectivity index (χ0v) is 13.9. The van der Waals surface area contributed by atoms with Crippen molar-refractivity contribution < 1.29 is 4.79 Å². The van der Waals surface area contributed by atoms with Gasteiger partial charge in [-0.2, -0.15) is 15.4 Å². The molecule has 0 amide bonds. The van der Waals surface area contributed by atoms with E-state index in [2.05, 4.69) is 20.7 Å². The first-order valence-electron chi connectivity index (χ1n) is 8.29. The van der Waals surface area contributed by atoms with Gasteiger partial charge in [-0.3, -0.25) is 4.79 Å². The van der Waals surface area contributed by atoms with E-state index in [0.717, 1.165) is 45.9 Å². The molecule has 5 heteroatoms. The number of hydrogen-bond donors (Lipinski definition) is 2. The Hall–Kier alpha value is -3.21. The summed E-state index contributed by atoms with van der Waals surface area (Å²) in [6.07, 6.45) is 1.36. The highest BCUT2D eigenvalue weighted by atomic mass is 16.1. The van der Waals surface area contributed by atoms with Crippen LogP contribution in [0.4, 0.5) is 5.69 Å². The number of Topliss-reactive ketones (excluding diaryl/α,β-unsaturated/α-hetero) is 1. The average molecular weight is 330 g/mol. The van der Waals surface area contributed by atoms with Gasteiger partial charge >= 0.3 is 0 Å². The Balaban J connectivity index is 1.67. The van der Waals surface area contributed by atoms with E-state index in [4.69, 9.17) is 0 Å². The highest BCUT2D eigenvalue weighted by Crippen LogP contribution is 2.31. The van der Waals surface area contributed by atoms with Crippen LogP contribution >= 0.6 is 0 Å². The van der Waals surface area contributed by atoms with Crippen molar-refractivity contribution in [2.24, 2.45) is 0 Å². The van der Waals surface area contributed by atoms with Gasteiger partial charge in [-0.05, 0) is 25.5 Å². The first kappa shape index (κ1) is 15.3. The molecular weight excluding hydrogens is 312 g/mol. The van der Waals surface area contributed by atoms with E-state index in [0.29, 0.717) is 6.42 Å². The molecule has 1 aliphatic carbocycles. The number of H-pyrrole nitrogens is 1. The number of aromatic amines is 1. The molecule has 5 nitrogen and oxygen atoms in total. The lowest BCUT2D eigenvalue weighted by atomic mass is 10.0. The molecular formula is C20H18N4O. The molecule has 25 heavy (non-hydrogen) atoms. The minimum absolute atomic E-state index is 0.224. The molecule has 0 saturated carbocycles. The van der Waals surface area contributed by atoms with E-state index in [1.807, 2.05) is 61.5 Å². The van der Waals surface area contributed by atoms with E-state index in [1.165, 1.54) is 0 Å². The Morgan fingerprint density at radius 2 is 1.64 bits per heavy atom. The number of nitrogens with zero attached hydrogens (tertiary/aromatic N) is 2. The molecule has 2 N–H and O–H groups in total. The van der Waals surface area contributed by atoms with Crippen molar-refractivity contribution in [3.05, 3.63) is 65.9 Å². The smallest absolute Gasteiger partial charge is 0.160 e. The highest BCUT2D eigenvalue weighted by molar-refractivity contribution is 5.98. The lowest BCUT2D eigenvalue weighted by molar-refractivity contribution is -0.114. The maximum absolute atomic E-state index is 11.7. The number of carbonyl (C=O) groups excluding carboxylic acids is 1. The molecule has 0 saturated heterocycles. The van der Waals surface area contributed by atoms with Crippen LogP contribution in [0.25, 0.3) is 22.5 Å². The molecule has 0 spiro atoms. The van der Waals surface area contributed by atoms with E-state index in [1.54, 1.807) is 0 Å². The van der Waals surface area contributed by atoms with Gasteiger partial charge in [-0.1, -0.05) is 42.5 Å². The zero-order valence-electron chi connectivity index (χ0n) is 13.9. The van der Waals surface area contributed by atoms with E-state index in [9.17, 15) is 4.79 Å². The van der Waals surface area contributed by atoms with Crippen molar-refractivity contribution in [2.45, 2.75) is 19.8 Å². The van der Waals surface area contributed by atoms with Gasteiger partial charge in [0.2, 0.25) is 0 Å². The number of aromatic nitrogens is 3. The second-order valence-corrected chi connectivity index (χ2v) is 6.12. The lowest BCUT2D eigenvalue weighted by Crippen LogP contribution is -1.99.